The number of carboxylic acid groups (broad SMARTS) is 1. The van der Waals surface area contributed by atoms with E-state index in [1.165, 1.54) is 32.1 Å². The number of phosphoric ester groups is 1. The maximum absolute atomic E-state index is 12.6. The van der Waals surface area contributed by atoms with E-state index in [-0.39, 0.29) is 13.0 Å². The maximum Gasteiger partial charge on any atom is 0.472 e. The van der Waals surface area contributed by atoms with Crippen LogP contribution in [0.2, 0.25) is 0 Å². The molecule has 52 heavy (non-hydrogen) atoms. The Morgan fingerprint density at radius 3 is 1.67 bits per heavy atom. The Labute approximate surface area is 314 Å². The molecule has 0 bridgehead atoms. The van der Waals surface area contributed by atoms with Crippen LogP contribution in [0.4, 0.5) is 0 Å². The van der Waals surface area contributed by atoms with Crippen molar-refractivity contribution in [3.05, 3.63) is 72.9 Å². The normalized spacial score (nSPS) is 14.8. The lowest BCUT2D eigenvalue weighted by molar-refractivity contribution is -0.154. The standard InChI is InChI=1S/C41H70NO9P/c1-3-5-7-9-11-13-15-17-19-20-22-24-26-28-30-32-34-48-35-38(36-49-52(46,47)50-37-39(42)41(44)45)51-40(43)33-31-29-27-25-23-21-18-16-14-12-10-8-6-4-2/h5,7,11,13,16-19,22,24,28,30,38-39H,3-4,6,8-10,12,14-15,20-21,23,25-27,29,31-37,42H2,1-2H3,(H,44,45)(H,46,47)/b7-5-,13-11-,18-16-,19-17-,24-22-,30-28-. The molecule has 3 unspecified atom stereocenters. The first kappa shape index (κ1) is 49.4. The molecular weight excluding hydrogens is 681 g/mol. The minimum atomic E-state index is -4.64. The van der Waals surface area contributed by atoms with Gasteiger partial charge in [-0.15, -0.1) is 0 Å². The van der Waals surface area contributed by atoms with E-state index in [0.29, 0.717) is 19.4 Å². The van der Waals surface area contributed by atoms with Crippen molar-refractivity contribution in [3.8, 4) is 0 Å². The third-order valence-corrected chi connectivity index (χ3v) is 8.69. The van der Waals surface area contributed by atoms with E-state index in [2.05, 4.69) is 79.1 Å². The van der Waals surface area contributed by atoms with Crippen LogP contribution in [0.15, 0.2) is 72.9 Å². The topological polar surface area (TPSA) is 155 Å². The van der Waals surface area contributed by atoms with Gasteiger partial charge >= 0.3 is 19.8 Å². The molecule has 4 N–H and O–H groups in total. The number of carboxylic acids is 1. The summed E-state index contributed by atoms with van der Waals surface area (Å²) in [6.45, 7) is 3.49. The first-order valence-corrected chi connectivity index (χ1v) is 21.0. The second-order valence-corrected chi connectivity index (χ2v) is 14.1. The maximum atomic E-state index is 12.6. The van der Waals surface area contributed by atoms with E-state index in [9.17, 15) is 19.0 Å². The smallest absolute Gasteiger partial charge is 0.472 e. The average molecular weight is 752 g/mol. The molecule has 298 valence electrons. The molecule has 0 aromatic carbocycles. The van der Waals surface area contributed by atoms with Crippen LogP contribution in [0.5, 0.6) is 0 Å². The van der Waals surface area contributed by atoms with Crippen molar-refractivity contribution in [2.45, 2.75) is 148 Å². The van der Waals surface area contributed by atoms with Crippen molar-refractivity contribution in [2.24, 2.45) is 5.73 Å². The number of carbonyl (C=O) groups excluding carboxylic acids is 1. The Morgan fingerprint density at radius 1 is 0.635 bits per heavy atom. The van der Waals surface area contributed by atoms with Crippen molar-refractivity contribution >= 4 is 19.8 Å². The lowest BCUT2D eigenvalue weighted by Gasteiger charge is -2.20. The molecular formula is C41H70NO9P. The van der Waals surface area contributed by atoms with Crippen LogP contribution in [-0.4, -0.2) is 60.5 Å². The fourth-order valence-corrected chi connectivity index (χ4v) is 5.50. The fourth-order valence-electron chi connectivity index (χ4n) is 4.72. The van der Waals surface area contributed by atoms with Gasteiger partial charge in [-0.25, -0.2) is 4.57 Å². The first-order valence-electron chi connectivity index (χ1n) is 19.5. The number of unbranched alkanes of at least 4 members (excludes halogenated alkanes) is 10. The highest BCUT2D eigenvalue weighted by atomic mass is 31.2. The quantitative estimate of drug-likeness (QED) is 0.0244. The highest BCUT2D eigenvalue weighted by Crippen LogP contribution is 2.43. The molecule has 0 spiro atoms. The van der Waals surface area contributed by atoms with Crippen molar-refractivity contribution in [1.82, 2.24) is 0 Å². The van der Waals surface area contributed by atoms with E-state index >= 15 is 0 Å². The number of phosphoric acid groups is 1. The predicted molar refractivity (Wildman–Crippen MR) is 212 cm³/mol. The van der Waals surface area contributed by atoms with Crippen molar-refractivity contribution in [2.75, 3.05) is 26.4 Å². The van der Waals surface area contributed by atoms with Crippen LogP contribution in [0, 0.1) is 0 Å². The number of hydrogen-bond donors (Lipinski definition) is 3. The van der Waals surface area contributed by atoms with Crippen molar-refractivity contribution in [1.29, 1.82) is 0 Å². The fraction of sp³-hybridized carbons (Fsp3) is 0.659. The summed E-state index contributed by atoms with van der Waals surface area (Å²) in [5.41, 5.74) is 5.33. The molecule has 0 aliphatic rings. The van der Waals surface area contributed by atoms with Crippen LogP contribution in [0.3, 0.4) is 0 Å². The molecule has 0 fully saturated rings. The van der Waals surface area contributed by atoms with Crippen LogP contribution < -0.4 is 5.73 Å². The SMILES string of the molecule is CC/C=C\C/C=C\C/C=C\C/C=C\C/C=C\CCOCC(COP(=O)(O)OCC(N)C(=O)O)OC(=O)CCCCCCC/C=C\CCCCCCC. The number of allylic oxidation sites excluding steroid dienone is 11. The number of esters is 1. The third kappa shape index (κ3) is 35.8. The summed E-state index contributed by atoms with van der Waals surface area (Å²) in [5, 5.41) is 8.87. The molecule has 0 saturated heterocycles. The molecule has 0 heterocycles. The van der Waals surface area contributed by atoms with E-state index in [1.807, 2.05) is 12.2 Å². The van der Waals surface area contributed by atoms with Crippen LogP contribution >= 0.6 is 7.82 Å². The summed E-state index contributed by atoms with van der Waals surface area (Å²) in [5.74, 6) is -1.83. The summed E-state index contributed by atoms with van der Waals surface area (Å²) >= 11 is 0. The molecule has 0 rings (SSSR count). The molecule has 3 atom stereocenters. The van der Waals surface area contributed by atoms with Gasteiger partial charge in [0.2, 0.25) is 0 Å². The Morgan fingerprint density at radius 2 is 1.12 bits per heavy atom. The molecule has 0 aliphatic heterocycles. The minimum absolute atomic E-state index is 0.0443. The summed E-state index contributed by atoms with van der Waals surface area (Å²) < 4.78 is 33.1. The van der Waals surface area contributed by atoms with Crippen LogP contribution in [0.25, 0.3) is 0 Å². The van der Waals surface area contributed by atoms with Gasteiger partial charge in [0.25, 0.3) is 0 Å². The number of carbonyl (C=O) groups is 2. The molecule has 0 aromatic heterocycles. The zero-order chi connectivity index (χ0) is 38.4. The average Bonchev–Trinajstić information content (AvgIpc) is 3.12. The molecule has 11 heteroatoms. The zero-order valence-corrected chi connectivity index (χ0v) is 33.0. The van der Waals surface area contributed by atoms with Gasteiger partial charge in [0.15, 0.2) is 0 Å². The van der Waals surface area contributed by atoms with Gasteiger partial charge in [-0.05, 0) is 70.6 Å². The molecule has 0 saturated carbocycles. The van der Waals surface area contributed by atoms with E-state index in [1.54, 1.807) is 0 Å². The summed E-state index contributed by atoms with van der Waals surface area (Å²) in [6.07, 6.45) is 44.1. The van der Waals surface area contributed by atoms with Crippen LogP contribution in [-0.2, 0) is 32.7 Å². The Hall–Kier alpha value is -2.59. The Bertz CT molecular complexity index is 1100. The summed E-state index contributed by atoms with van der Waals surface area (Å²) in [7, 11) is -4.64. The van der Waals surface area contributed by atoms with E-state index in [0.717, 1.165) is 70.6 Å². The lowest BCUT2D eigenvalue weighted by atomic mass is 10.1. The second kappa shape index (κ2) is 36.8. The third-order valence-electron chi connectivity index (χ3n) is 7.74. The Kier molecular flexibility index (Phi) is 34.9. The van der Waals surface area contributed by atoms with Gasteiger partial charge in [0, 0.05) is 6.42 Å². The summed E-state index contributed by atoms with van der Waals surface area (Å²) in [6, 6.07) is -1.49. The van der Waals surface area contributed by atoms with Crippen molar-refractivity contribution < 1.29 is 42.7 Å². The monoisotopic (exact) mass is 751 g/mol. The van der Waals surface area contributed by atoms with Crippen molar-refractivity contribution in [3.63, 3.8) is 0 Å². The van der Waals surface area contributed by atoms with Gasteiger partial charge in [0.1, 0.15) is 12.1 Å². The number of rotatable bonds is 36. The number of aliphatic carboxylic acids is 1. The molecule has 0 aliphatic carbocycles. The number of ether oxygens (including phenoxy) is 2. The van der Waals surface area contributed by atoms with E-state index < -0.39 is 45.1 Å². The van der Waals surface area contributed by atoms with E-state index in [4.69, 9.17) is 24.8 Å². The number of hydrogen-bond acceptors (Lipinski definition) is 8. The first-order chi connectivity index (χ1) is 25.2. The second-order valence-electron chi connectivity index (χ2n) is 12.7. The van der Waals surface area contributed by atoms with Gasteiger partial charge in [-0.1, -0.05) is 132 Å². The minimum Gasteiger partial charge on any atom is -0.480 e. The largest absolute Gasteiger partial charge is 0.480 e. The molecule has 10 nitrogen and oxygen atoms in total. The zero-order valence-electron chi connectivity index (χ0n) is 32.1. The van der Waals surface area contributed by atoms with Crippen LogP contribution in [0.1, 0.15) is 136 Å². The van der Waals surface area contributed by atoms with Gasteiger partial charge in [-0.2, -0.15) is 0 Å². The number of nitrogens with two attached hydrogens (primary N) is 1. The molecule has 0 aromatic rings. The lowest BCUT2D eigenvalue weighted by Crippen LogP contribution is -2.34. The van der Waals surface area contributed by atoms with Gasteiger partial charge < -0.3 is 25.2 Å². The Balaban J connectivity index is 4.46. The predicted octanol–water partition coefficient (Wildman–Crippen LogP) is 10.2. The van der Waals surface area contributed by atoms with Gasteiger partial charge in [0.05, 0.1) is 26.4 Å². The molecule has 0 radical (unpaired) electrons. The summed E-state index contributed by atoms with van der Waals surface area (Å²) in [4.78, 5) is 33.4. The molecule has 0 amide bonds. The highest BCUT2D eigenvalue weighted by Gasteiger charge is 2.27. The highest BCUT2D eigenvalue weighted by molar-refractivity contribution is 7.47. The van der Waals surface area contributed by atoms with Gasteiger partial charge in [-0.3, -0.25) is 18.6 Å².